The first kappa shape index (κ1) is 25.1. The molecule has 2 atom stereocenters. The lowest BCUT2D eigenvalue weighted by Crippen LogP contribution is -2.50. The number of nitrogens with one attached hydrogen (secondary N) is 1. The molecule has 7 nitrogen and oxygen atoms in total. The largest absolute Gasteiger partial charge is 0.336 e. The van der Waals surface area contributed by atoms with Crippen molar-refractivity contribution in [3.8, 4) is 0 Å². The molecule has 8 heteroatoms. The van der Waals surface area contributed by atoms with Gasteiger partial charge in [0.25, 0.3) is 5.91 Å². The molecule has 2 fully saturated rings. The van der Waals surface area contributed by atoms with Gasteiger partial charge < -0.3 is 10.2 Å². The third kappa shape index (κ3) is 5.18. The van der Waals surface area contributed by atoms with Crippen LogP contribution in [-0.4, -0.2) is 55.6 Å². The number of amides is 2. The zero-order valence-electron chi connectivity index (χ0n) is 20.7. The predicted molar refractivity (Wildman–Crippen MR) is 136 cm³/mol. The summed E-state index contributed by atoms with van der Waals surface area (Å²) in [4.78, 5) is 27.4. The molecule has 1 saturated heterocycles. The van der Waals surface area contributed by atoms with Gasteiger partial charge >= 0.3 is 0 Å². The monoisotopic (exact) mass is 495 g/mol. The van der Waals surface area contributed by atoms with E-state index >= 15 is 0 Å². The number of rotatable bonds is 6. The van der Waals surface area contributed by atoms with Gasteiger partial charge in [0.1, 0.15) is 0 Å². The number of carbonyl (C=O) groups is 2. The smallest absolute Gasteiger partial charge is 0.253 e. The number of hydrogen-bond acceptors (Lipinski definition) is 4. The Kier molecular flexibility index (Phi) is 6.88. The first-order chi connectivity index (χ1) is 16.5. The Morgan fingerprint density at radius 2 is 1.63 bits per heavy atom. The molecule has 1 N–H and O–H groups in total. The van der Waals surface area contributed by atoms with Gasteiger partial charge in [-0.05, 0) is 55.5 Å². The number of piperazine rings is 1. The van der Waals surface area contributed by atoms with E-state index in [1.165, 1.54) is 15.9 Å². The highest BCUT2D eigenvalue weighted by atomic mass is 32.2. The zero-order valence-corrected chi connectivity index (χ0v) is 21.5. The number of anilines is 1. The zero-order chi connectivity index (χ0) is 25.4. The molecule has 2 aromatic rings. The normalized spacial score (nSPS) is 21.8. The third-order valence-electron chi connectivity index (χ3n) is 6.99. The minimum atomic E-state index is -3.75. The van der Waals surface area contributed by atoms with Crippen LogP contribution in [0.15, 0.2) is 71.1 Å². The number of nitrogens with zero attached hydrogens (tertiary/aromatic N) is 2. The molecule has 1 heterocycles. The van der Waals surface area contributed by atoms with Gasteiger partial charge in [0, 0.05) is 37.4 Å². The second-order valence-corrected chi connectivity index (χ2v) is 12.1. The number of carbonyl (C=O) groups excluding carboxylic acids is 2. The summed E-state index contributed by atoms with van der Waals surface area (Å²) < 4.78 is 28.0. The first-order valence-electron chi connectivity index (χ1n) is 11.9. The third-order valence-corrected chi connectivity index (χ3v) is 8.89. The van der Waals surface area contributed by atoms with Crippen molar-refractivity contribution < 1.29 is 18.0 Å². The Balaban J connectivity index is 1.41. The van der Waals surface area contributed by atoms with Gasteiger partial charge in [-0.15, -0.1) is 0 Å². The van der Waals surface area contributed by atoms with Gasteiger partial charge in [0.05, 0.1) is 10.8 Å². The SMILES string of the molecule is CC(C)=C[C@@H]1[C@H](C(=O)Nc2cccc(S(=O)(=O)N3CCN(C(=O)c4ccccc4)CC3)c2)C1(C)C. The Hall–Kier alpha value is -2.97. The van der Waals surface area contributed by atoms with Crippen molar-refractivity contribution in [1.29, 1.82) is 0 Å². The summed E-state index contributed by atoms with van der Waals surface area (Å²) in [5, 5.41) is 2.91. The fourth-order valence-electron chi connectivity index (χ4n) is 4.85. The highest BCUT2D eigenvalue weighted by molar-refractivity contribution is 7.89. The van der Waals surface area contributed by atoms with E-state index in [-0.39, 0.29) is 47.1 Å². The lowest BCUT2D eigenvalue weighted by Gasteiger charge is -2.34. The molecule has 2 aliphatic rings. The molecule has 0 unspecified atom stereocenters. The predicted octanol–water partition coefficient (Wildman–Crippen LogP) is 4.01. The Morgan fingerprint density at radius 3 is 2.26 bits per heavy atom. The van der Waals surface area contributed by atoms with Crippen molar-refractivity contribution in [1.82, 2.24) is 9.21 Å². The summed E-state index contributed by atoms with van der Waals surface area (Å²) in [7, 11) is -3.75. The molecule has 0 radical (unpaired) electrons. The molecular formula is C27H33N3O4S. The molecule has 1 aliphatic carbocycles. The molecule has 0 spiro atoms. The standard InChI is InChI=1S/C27H33N3O4S/c1-19(2)17-23-24(27(23,3)4)25(31)28-21-11-8-12-22(18-21)35(33,34)30-15-13-29(14-16-30)26(32)20-9-6-5-7-10-20/h5-12,17-18,23-24H,13-16H2,1-4H3,(H,28,31)/t23-,24-/m1/s1. The van der Waals surface area contributed by atoms with Gasteiger partial charge in [-0.2, -0.15) is 4.31 Å². The minimum absolute atomic E-state index is 0.0956. The van der Waals surface area contributed by atoms with Crippen molar-refractivity contribution in [3.05, 3.63) is 71.8 Å². The fourth-order valence-corrected chi connectivity index (χ4v) is 6.32. The van der Waals surface area contributed by atoms with Crippen molar-refractivity contribution in [2.75, 3.05) is 31.5 Å². The van der Waals surface area contributed by atoms with E-state index in [9.17, 15) is 18.0 Å². The van der Waals surface area contributed by atoms with E-state index in [0.717, 1.165) is 0 Å². The second kappa shape index (κ2) is 9.59. The molecule has 35 heavy (non-hydrogen) atoms. The Morgan fingerprint density at radius 1 is 0.971 bits per heavy atom. The van der Waals surface area contributed by atoms with Crippen molar-refractivity contribution in [2.45, 2.75) is 32.6 Å². The van der Waals surface area contributed by atoms with E-state index < -0.39 is 10.0 Å². The molecule has 4 rings (SSSR count). The van der Waals surface area contributed by atoms with E-state index in [0.29, 0.717) is 24.3 Å². The maximum Gasteiger partial charge on any atom is 0.253 e. The van der Waals surface area contributed by atoms with Gasteiger partial charge in [-0.3, -0.25) is 9.59 Å². The minimum Gasteiger partial charge on any atom is -0.336 e. The van der Waals surface area contributed by atoms with Crippen molar-refractivity contribution >= 4 is 27.5 Å². The molecule has 0 bridgehead atoms. The summed E-state index contributed by atoms with van der Waals surface area (Å²) >= 11 is 0. The van der Waals surface area contributed by atoms with Gasteiger partial charge in [0.15, 0.2) is 0 Å². The molecule has 1 aliphatic heterocycles. The van der Waals surface area contributed by atoms with Crippen LogP contribution in [0.4, 0.5) is 5.69 Å². The second-order valence-electron chi connectivity index (χ2n) is 10.1. The van der Waals surface area contributed by atoms with Crippen LogP contribution in [0.2, 0.25) is 0 Å². The molecule has 0 aromatic heterocycles. The van der Waals surface area contributed by atoms with Crippen LogP contribution < -0.4 is 5.32 Å². The van der Waals surface area contributed by atoms with Crippen molar-refractivity contribution in [3.63, 3.8) is 0 Å². The fraction of sp³-hybridized carbons (Fsp3) is 0.407. The van der Waals surface area contributed by atoms with E-state index in [1.807, 2.05) is 32.0 Å². The van der Waals surface area contributed by atoms with Gasteiger partial charge in [-0.1, -0.05) is 49.8 Å². The van der Waals surface area contributed by atoms with Crippen molar-refractivity contribution in [2.24, 2.45) is 17.3 Å². The lowest BCUT2D eigenvalue weighted by molar-refractivity contribution is -0.118. The van der Waals surface area contributed by atoms with Gasteiger partial charge in [-0.25, -0.2) is 8.42 Å². The van der Waals surface area contributed by atoms with Crippen LogP contribution in [0, 0.1) is 17.3 Å². The van der Waals surface area contributed by atoms with Crippen LogP contribution in [0.5, 0.6) is 0 Å². The Bertz CT molecular complexity index is 1240. The maximum absolute atomic E-state index is 13.3. The topological polar surface area (TPSA) is 86.8 Å². The number of hydrogen-bond donors (Lipinski definition) is 1. The molecule has 1 saturated carbocycles. The first-order valence-corrected chi connectivity index (χ1v) is 13.4. The summed E-state index contributed by atoms with van der Waals surface area (Å²) in [6, 6.07) is 15.4. The van der Waals surface area contributed by atoms with Crippen LogP contribution >= 0.6 is 0 Å². The highest BCUT2D eigenvalue weighted by Crippen LogP contribution is 2.59. The maximum atomic E-state index is 13.3. The molecule has 2 amide bonds. The van der Waals surface area contributed by atoms with Crippen LogP contribution in [0.3, 0.4) is 0 Å². The summed E-state index contributed by atoms with van der Waals surface area (Å²) in [6.45, 7) is 9.28. The summed E-state index contributed by atoms with van der Waals surface area (Å²) in [6.07, 6.45) is 2.13. The van der Waals surface area contributed by atoms with Crippen LogP contribution in [-0.2, 0) is 14.8 Å². The number of sulfonamides is 1. The number of allylic oxidation sites excluding steroid dienone is 2. The summed E-state index contributed by atoms with van der Waals surface area (Å²) in [5.41, 5.74) is 2.12. The van der Waals surface area contributed by atoms with Crippen LogP contribution in [0.25, 0.3) is 0 Å². The molecule has 186 valence electrons. The summed E-state index contributed by atoms with van der Waals surface area (Å²) in [5.74, 6) is -0.163. The van der Waals surface area contributed by atoms with Crippen LogP contribution in [0.1, 0.15) is 38.1 Å². The quantitative estimate of drug-likeness (QED) is 0.614. The average molecular weight is 496 g/mol. The molecular weight excluding hydrogens is 462 g/mol. The Labute approximate surface area is 207 Å². The van der Waals surface area contributed by atoms with E-state index in [2.05, 4.69) is 25.2 Å². The highest BCUT2D eigenvalue weighted by Gasteiger charge is 2.60. The molecule has 2 aromatic carbocycles. The number of benzene rings is 2. The van der Waals surface area contributed by atoms with Gasteiger partial charge in [0.2, 0.25) is 15.9 Å². The average Bonchev–Trinajstić information content (AvgIpc) is 3.38. The van der Waals surface area contributed by atoms with E-state index in [4.69, 9.17) is 0 Å². The lowest BCUT2D eigenvalue weighted by atomic mass is 10.1. The van der Waals surface area contributed by atoms with E-state index in [1.54, 1.807) is 35.2 Å².